The molecule has 0 saturated heterocycles. The average Bonchev–Trinajstić information content (AvgIpc) is 3.26. The van der Waals surface area contributed by atoms with Crippen LogP contribution in [0.3, 0.4) is 0 Å². The summed E-state index contributed by atoms with van der Waals surface area (Å²) in [6, 6.07) is 26.3. The second-order valence-corrected chi connectivity index (χ2v) is 10.1. The zero-order chi connectivity index (χ0) is 23.9. The SMILES string of the molecule is CC1=NCC(c2nccc3c(N(c4ccc(C)cc4)c4ccc(C(C)(C)C)cc4)cccc23)=C1. The van der Waals surface area contributed by atoms with Crippen molar-refractivity contribution in [3.63, 3.8) is 0 Å². The topological polar surface area (TPSA) is 28.5 Å². The standard InChI is InChI=1S/C31H31N3/c1-21-9-13-25(14-10-21)34(26-15-11-24(12-16-26)31(3,4)5)29-8-6-7-28-27(29)17-18-32-30(28)23-19-22(2)33-20-23/h6-19H,20H2,1-5H3. The Morgan fingerprint density at radius 2 is 1.44 bits per heavy atom. The van der Waals surface area contributed by atoms with Crippen molar-refractivity contribution < 1.29 is 0 Å². The van der Waals surface area contributed by atoms with E-state index in [1.807, 2.05) is 13.1 Å². The third-order valence-corrected chi connectivity index (χ3v) is 6.49. The Morgan fingerprint density at radius 1 is 0.765 bits per heavy atom. The highest BCUT2D eigenvalue weighted by atomic mass is 15.1. The summed E-state index contributed by atoms with van der Waals surface area (Å²) in [4.78, 5) is 11.7. The first-order valence-corrected chi connectivity index (χ1v) is 11.9. The fraction of sp³-hybridized carbons (Fsp3) is 0.226. The number of nitrogens with zero attached hydrogens (tertiary/aromatic N) is 3. The van der Waals surface area contributed by atoms with Gasteiger partial charge in [-0.15, -0.1) is 0 Å². The van der Waals surface area contributed by atoms with Crippen LogP contribution in [0, 0.1) is 6.92 Å². The first-order chi connectivity index (χ1) is 16.3. The minimum absolute atomic E-state index is 0.114. The lowest BCUT2D eigenvalue weighted by atomic mass is 9.87. The zero-order valence-corrected chi connectivity index (χ0v) is 20.6. The van der Waals surface area contributed by atoms with Gasteiger partial charge in [0.15, 0.2) is 0 Å². The molecule has 1 aliphatic rings. The van der Waals surface area contributed by atoms with Crippen LogP contribution in [-0.4, -0.2) is 17.2 Å². The summed E-state index contributed by atoms with van der Waals surface area (Å²) < 4.78 is 0. The molecule has 2 heterocycles. The van der Waals surface area contributed by atoms with Crippen LogP contribution >= 0.6 is 0 Å². The molecule has 3 nitrogen and oxygen atoms in total. The number of aryl methyl sites for hydroxylation is 1. The van der Waals surface area contributed by atoms with Crippen LogP contribution in [0.25, 0.3) is 16.3 Å². The van der Waals surface area contributed by atoms with Crippen LogP contribution < -0.4 is 4.90 Å². The highest BCUT2D eigenvalue weighted by Crippen LogP contribution is 2.40. The number of anilines is 3. The number of fused-ring (bicyclic) bond motifs is 1. The van der Waals surface area contributed by atoms with Gasteiger partial charge in [-0.3, -0.25) is 9.98 Å². The third-order valence-electron chi connectivity index (χ3n) is 6.49. The monoisotopic (exact) mass is 445 g/mol. The van der Waals surface area contributed by atoms with Gasteiger partial charge in [0.25, 0.3) is 0 Å². The number of allylic oxidation sites excluding steroid dienone is 1. The normalized spacial score (nSPS) is 13.7. The minimum Gasteiger partial charge on any atom is -0.310 e. The average molecular weight is 446 g/mol. The molecule has 0 unspecified atom stereocenters. The van der Waals surface area contributed by atoms with E-state index in [9.17, 15) is 0 Å². The fourth-order valence-corrected chi connectivity index (χ4v) is 4.57. The Morgan fingerprint density at radius 3 is 2.06 bits per heavy atom. The molecule has 4 aromatic rings. The van der Waals surface area contributed by atoms with E-state index in [-0.39, 0.29) is 5.41 Å². The van der Waals surface area contributed by atoms with Gasteiger partial charge in [0.2, 0.25) is 0 Å². The van der Waals surface area contributed by atoms with Crippen molar-refractivity contribution in [2.45, 2.75) is 40.0 Å². The quantitative estimate of drug-likeness (QED) is 0.317. The Kier molecular flexibility index (Phi) is 5.57. The molecule has 0 aliphatic carbocycles. The Hall–Kier alpha value is -3.72. The van der Waals surface area contributed by atoms with Crippen molar-refractivity contribution in [2.24, 2.45) is 4.99 Å². The molecule has 0 bridgehead atoms. The van der Waals surface area contributed by atoms with Gasteiger partial charge in [0.05, 0.1) is 17.9 Å². The van der Waals surface area contributed by atoms with E-state index in [1.165, 1.54) is 22.1 Å². The minimum atomic E-state index is 0.114. The molecule has 5 rings (SSSR count). The zero-order valence-electron chi connectivity index (χ0n) is 20.6. The molecule has 0 atom stereocenters. The highest BCUT2D eigenvalue weighted by molar-refractivity contribution is 6.08. The maximum Gasteiger partial charge on any atom is 0.0760 e. The van der Waals surface area contributed by atoms with Gasteiger partial charge in [0.1, 0.15) is 0 Å². The van der Waals surface area contributed by atoms with Gasteiger partial charge in [-0.05, 0) is 67.3 Å². The first-order valence-electron chi connectivity index (χ1n) is 11.9. The summed E-state index contributed by atoms with van der Waals surface area (Å²) in [7, 11) is 0. The van der Waals surface area contributed by atoms with E-state index >= 15 is 0 Å². The van der Waals surface area contributed by atoms with Crippen molar-refractivity contribution in [1.82, 2.24) is 4.98 Å². The lowest BCUT2D eigenvalue weighted by Crippen LogP contribution is -2.13. The first kappa shape index (κ1) is 22.1. The van der Waals surface area contributed by atoms with E-state index in [0.717, 1.165) is 33.9 Å². The second kappa shape index (κ2) is 8.57. The summed E-state index contributed by atoms with van der Waals surface area (Å²) in [6.07, 6.45) is 4.07. The van der Waals surface area contributed by atoms with Crippen LogP contribution in [0.1, 0.15) is 44.5 Å². The van der Waals surface area contributed by atoms with Crippen LogP contribution in [0.5, 0.6) is 0 Å². The van der Waals surface area contributed by atoms with Gasteiger partial charge < -0.3 is 4.90 Å². The lowest BCUT2D eigenvalue weighted by molar-refractivity contribution is 0.590. The summed E-state index contributed by atoms with van der Waals surface area (Å²) >= 11 is 0. The van der Waals surface area contributed by atoms with E-state index in [0.29, 0.717) is 6.54 Å². The maximum atomic E-state index is 4.76. The predicted molar refractivity (Wildman–Crippen MR) is 146 cm³/mol. The number of pyridine rings is 1. The maximum absolute atomic E-state index is 4.76. The van der Waals surface area contributed by atoms with E-state index in [2.05, 4.69) is 116 Å². The lowest BCUT2D eigenvalue weighted by Gasteiger charge is -2.28. The molecule has 0 radical (unpaired) electrons. The van der Waals surface area contributed by atoms with Gasteiger partial charge >= 0.3 is 0 Å². The highest BCUT2D eigenvalue weighted by Gasteiger charge is 2.20. The molecule has 0 saturated carbocycles. The van der Waals surface area contributed by atoms with Crippen LogP contribution in [-0.2, 0) is 5.41 Å². The van der Waals surface area contributed by atoms with Crippen molar-refractivity contribution in [3.8, 4) is 0 Å². The molecule has 1 aromatic heterocycles. The number of benzene rings is 3. The third kappa shape index (κ3) is 4.14. The van der Waals surface area contributed by atoms with E-state index in [4.69, 9.17) is 4.98 Å². The number of rotatable bonds is 4. The number of aromatic nitrogens is 1. The number of hydrogen-bond acceptors (Lipinski definition) is 3. The van der Waals surface area contributed by atoms with Crippen molar-refractivity contribution in [3.05, 3.63) is 102 Å². The Balaban J connectivity index is 1.70. The van der Waals surface area contributed by atoms with Crippen LogP contribution in [0.4, 0.5) is 17.1 Å². The van der Waals surface area contributed by atoms with Crippen molar-refractivity contribution >= 4 is 39.1 Å². The molecule has 170 valence electrons. The van der Waals surface area contributed by atoms with Crippen molar-refractivity contribution in [2.75, 3.05) is 11.4 Å². The second-order valence-electron chi connectivity index (χ2n) is 10.1. The summed E-state index contributed by atoms with van der Waals surface area (Å²) in [5.74, 6) is 0. The van der Waals surface area contributed by atoms with Gasteiger partial charge in [0, 0.05) is 39.6 Å². The van der Waals surface area contributed by atoms with Crippen LogP contribution in [0.2, 0.25) is 0 Å². The molecule has 1 aliphatic heterocycles. The summed E-state index contributed by atoms with van der Waals surface area (Å²) in [5, 5.41) is 2.33. The largest absolute Gasteiger partial charge is 0.310 e. The Bertz CT molecular complexity index is 1400. The molecule has 34 heavy (non-hydrogen) atoms. The molecule has 3 heteroatoms. The molecule has 0 spiro atoms. The van der Waals surface area contributed by atoms with E-state index < -0.39 is 0 Å². The molecule has 0 amide bonds. The molecular weight excluding hydrogens is 414 g/mol. The molecular formula is C31H31N3. The number of aliphatic imine (C=N–C) groups is 1. The van der Waals surface area contributed by atoms with Crippen molar-refractivity contribution in [1.29, 1.82) is 0 Å². The fourth-order valence-electron chi connectivity index (χ4n) is 4.57. The van der Waals surface area contributed by atoms with Crippen LogP contribution in [0.15, 0.2) is 90.1 Å². The summed E-state index contributed by atoms with van der Waals surface area (Å²) in [6.45, 7) is 11.6. The molecule has 3 aromatic carbocycles. The van der Waals surface area contributed by atoms with Gasteiger partial charge in [-0.1, -0.05) is 62.7 Å². The van der Waals surface area contributed by atoms with Gasteiger partial charge in [-0.2, -0.15) is 0 Å². The number of hydrogen-bond donors (Lipinski definition) is 0. The predicted octanol–water partition coefficient (Wildman–Crippen LogP) is 8.17. The summed E-state index contributed by atoms with van der Waals surface area (Å²) in [5.41, 5.74) is 9.37. The molecule has 0 fully saturated rings. The van der Waals surface area contributed by atoms with Gasteiger partial charge in [-0.25, -0.2) is 0 Å². The Labute approximate surface area is 202 Å². The smallest absolute Gasteiger partial charge is 0.0760 e. The van der Waals surface area contributed by atoms with E-state index in [1.54, 1.807) is 0 Å². The molecule has 0 N–H and O–H groups in total.